The smallest absolute Gasteiger partial charge is 0.259 e. The molecular weight excluding hydrogens is 260 g/mol. The van der Waals surface area contributed by atoms with E-state index in [1.54, 1.807) is 17.0 Å². The molecule has 2 N–H and O–H groups in total. The van der Waals surface area contributed by atoms with Crippen LogP contribution in [0.4, 0.5) is 11.4 Å². The van der Waals surface area contributed by atoms with Crippen molar-refractivity contribution in [3.05, 3.63) is 58.6 Å². The lowest BCUT2D eigenvalue weighted by Gasteiger charge is -2.19. The van der Waals surface area contributed by atoms with Crippen molar-refractivity contribution in [2.24, 2.45) is 0 Å². The summed E-state index contributed by atoms with van der Waals surface area (Å²) in [6, 6.07) is 12.8. The van der Waals surface area contributed by atoms with Crippen LogP contribution in [-0.4, -0.2) is 12.5 Å². The molecule has 19 heavy (non-hydrogen) atoms. The number of carbonyl (C=O) groups excluding carboxylic acids is 1. The highest BCUT2D eigenvalue weighted by atomic mass is 35.5. The van der Waals surface area contributed by atoms with Gasteiger partial charge in [-0.15, -0.1) is 0 Å². The normalized spacial score (nSPS) is 13.4. The van der Waals surface area contributed by atoms with Gasteiger partial charge in [-0.05, 0) is 30.2 Å². The van der Waals surface area contributed by atoms with Crippen molar-refractivity contribution in [3.8, 4) is 0 Å². The lowest BCUT2D eigenvalue weighted by atomic mass is 10.1. The Morgan fingerprint density at radius 1 is 1.16 bits per heavy atom. The Labute approximate surface area is 116 Å². The van der Waals surface area contributed by atoms with Crippen LogP contribution in [0.3, 0.4) is 0 Å². The molecule has 0 aromatic heterocycles. The number of benzene rings is 2. The van der Waals surface area contributed by atoms with Gasteiger partial charge >= 0.3 is 0 Å². The van der Waals surface area contributed by atoms with E-state index in [1.807, 2.05) is 30.3 Å². The van der Waals surface area contributed by atoms with E-state index in [-0.39, 0.29) is 5.91 Å². The number of nitrogen functional groups attached to an aromatic ring is 1. The van der Waals surface area contributed by atoms with E-state index in [4.69, 9.17) is 17.3 Å². The van der Waals surface area contributed by atoms with Gasteiger partial charge in [0.05, 0.1) is 22.0 Å². The van der Waals surface area contributed by atoms with Crippen molar-refractivity contribution in [3.63, 3.8) is 0 Å². The zero-order chi connectivity index (χ0) is 13.4. The number of halogens is 1. The van der Waals surface area contributed by atoms with Crippen molar-refractivity contribution in [2.75, 3.05) is 17.2 Å². The van der Waals surface area contributed by atoms with Gasteiger partial charge in [0.15, 0.2) is 0 Å². The first-order chi connectivity index (χ1) is 9.18. The molecule has 1 heterocycles. The highest BCUT2D eigenvalue weighted by Crippen LogP contribution is 2.35. The van der Waals surface area contributed by atoms with Gasteiger partial charge in [0, 0.05) is 6.54 Å². The van der Waals surface area contributed by atoms with Crippen LogP contribution in [0.25, 0.3) is 0 Å². The summed E-state index contributed by atoms with van der Waals surface area (Å²) in [4.78, 5) is 14.3. The number of nitrogens with two attached hydrogens (primary N) is 1. The Morgan fingerprint density at radius 3 is 2.74 bits per heavy atom. The predicted octanol–water partition coefficient (Wildman–Crippen LogP) is 3.13. The lowest BCUT2D eigenvalue weighted by Crippen LogP contribution is -2.29. The molecule has 4 heteroatoms. The molecule has 1 aliphatic rings. The summed E-state index contributed by atoms with van der Waals surface area (Å²) in [5, 5.41) is 0.468. The van der Waals surface area contributed by atoms with Gasteiger partial charge in [-0.1, -0.05) is 35.9 Å². The van der Waals surface area contributed by atoms with Crippen LogP contribution in [0.5, 0.6) is 0 Å². The molecule has 0 aliphatic carbocycles. The summed E-state index contributed by atoms with van der Waals surface area (Å²) in [6.45, 7) is 0.646. The molecule has 96 valence electrons. The topological polar surface area (TPSA) is 46.3 Å². The Bertz CT molecular complexity index is 654. The zero-order valence-corrected chi connectivity index (χ0v) is 11.0. The van der Waals surface area contributed by atoms with Gasteiger partial charge in [-0.25, -0.2) is 0 Å². The largest absolute Gasteiger partial charge is 0.397 e. The number of rotatable bonds is 1. The maximum atomic E-state index is 12.6. The molecule has 0 unspecified atom stereocenters. The minimum atomic E-state index is -0.0951. The maximum absolute atomic E-state index is 12.6. The number of fused-ring (bicyclic) bond motifs is 1. The van der Waals surface area contributed by atoms with E-state index < -0.39 is 0 Å². The van der Waals surface area contributed by atoms with Crippen LogP contribution in [-0.2, 0) is 6.42 Å². The maximum Gasteiger partial charge on any atom is 0.259 e. The Balaban J connectivity index is 2.03. The second-order valence-electron chi connectivity index (χ2n) is 4.54. The van der Waals surface area contributed by atoms with Crippen LogP contribution in [0.2, 0.25) is 5.02 Å². The molecule has 0 radical (unpaired) electrons. The van der Waals surface area contributed by atoms with Gasteiger partial charge in [0.25, 0.3) is 5.91 Å². The number of hydrogen-bond acceptors (Lipinski definition) is 2. The van der Waals surface area contributed by atoms with E-state index in [2.05, 4.69) is 0 Å². The average Bonchev–Trinajstić information content (AvgIpc) is 2.84. The monoisotopic (exact) mass is 272 g/mol. The first kappa shape index (κ1) is 12.1. The summed E-state index contributed by atoms with van der Waals surface area (Å²) in [7, 11) is 0. The Morgan fingerprint density at radius 2 is 1.95 bits per heavy atom. The molecule has 0 bridgehead atoms. The zero-order valence-electron chi connectivity index (χ0n) is 10.3. The van der Waals surface area contributed by atoms with Crippen molar-refractivity contribution in [2.45, 2.75) is 6.42 Å². The SMILES string of the molecule is Nc1cccc2c1N(C(=O)c1ccccc1Cl)CC2. The van der Waals surface area contributed by atoms with Gasteiger partial charge in [0.1, 0.15) is 0 Å². The summed E-state index contributed by atoms with van der Waals surface area (Å²) >= 11 is 6.09. The van der Waals surface area contributed by atoms with Crippen molar-refractivity contribution >= 4 is 28.9 Å². The molecule has 0 saturated heterocycles. The number of para-hydroxylation sites is 1. The van der Waals surface area contributed by atoms with Crippen LogP contribution >= 0.6 is 11.6 Å². The number of amides is 1. The molecule has 1 amide bonds. The predicted molar refractivity (Wildman–Crippen MR) is 77.7 cm³/mol. The summed E-state index contributed by atoms with van der Waals surface area (Å²) in [6.07, 6.45) is 0.830. The molecule has 3 nitrogen and oxygen atoms in total. The van der Waals surface area contributed by atoms with E-state index in [0.717, 1.165) is 17.7 Å². The fraction of sp³-hybridized carbons (Fsp3) is 0.133. The molecular formula is C15H13ClN2O. The fourth-order valence-corrected chi connectivity index (χ4v) is 2.69. The van der Waals surface area contributed by atoms with E-state index in [1.165, 1.54) is 0 Å². The second kappa shape index (κ2) is 4.59. The number of carbonyl (C=O) groups is 1. The molecule has 0 saturated carbocycles. The molecule has 0 spiro atoms. The highest BCUT2D eigenvalue weighted by molar-refractivity contribution is 6.34. The minimum Gasteiger partial charge on any atom is -0.397 e. The molecule has 3 rings (SSSR count). The van der Waals surface area contributed by atoms with E-state index >= 15 is 0 Å². The summed E-state index contributed by atoms with van der Waals surface area (Å²) < 4.78 is 0. The third-order valence-corrected chi connectivity index (χ3v) is 3.70. The summed E-state index contributed by atoms with van der Waals surface area (Å²) in [5.74, 6) is -0.0951. The third-order valence-electron chi connectivity index (χ3n) is 3.37. The van der Waals surface area contributed by atoms with Gasteiger partial charge in [-0.3, -0.25) is 4.79 Å². The number of nitrogens with zero attached hydrogens (tertiary/aromatic N) is 1. The second-order valence-corrected chi connectivity index (χ2v) is 4.95. The van der Waals surface area contributed by atoms with Crippen LogP contribution < -0.4 is 10.6 Å². The minimum absolute atomic E-state index is 0.0951. The number of hydrogen-bond donors (Lipinski definition) is 1. The Hall–Kier alpha value is -2.00. The molecule has 1 aliphatic heterocycles. The molecule has 0 fully saturated rings. The van der Waals surface area contributed by atoms with Crippen LogP contribution in [0.15, 0.2) is 42.5 Å². The number of anilines is 2. The first-order valence-electron chi connectivity index (χ1n) is 6.12. The molecule has 2 aromatic rings. The van der Waals surface area contributed by atoms with Gasteiger partial charge < -0.3 is 10.6 Å². The fourth-order valence-electron chi connectivity index (χ4n) is 2.47. The Kier molecular flexibility index (Phi) is 2.91. The van der Waals surface area contributed by atoms with E-state index in [9.17, 15) is 4.79 Å². The first-order valence-corrected chi connectivity index (χ1v) is 6.50. The third kappa shape index (κ3) is 1.96. The van der Waals surface area contributed by atoms with Gasteiger partial charge in [0.2, 0.25) is 0 Å². The van der Waals surface area contributed by atoms with Crippen LogP contribution in [0, 0.1) is 0 Å². The lowest BCUT2D eigenvalue weighted by molar-refractivity contribution is 0.0989. The van der Waals surface area contributed by atoms with Crippen molar-refractivity contribution < 1.29 is 4.79 Å². The quantitative estimate of drug-likeness (QED) is 0.811. The van der Waals surface area contributed by atoms with E-state index in [0.29, 0.717) is 22.8 Å². The van der Waals surface area contributed by atoms with Crippen LogP contribution in [0.1, 0.15) is 15.9 Å². The summed E-state index contributed by atoms with van der Waals surface area (Å²) in [5.41, 5.74) is 9.08. The highest BCUT2D eigenvalue weighted by Gasteiger charge is 2.28. The molecule has 0 atom stereocenters. The molecule has 2 aromatic carbocycles. The standard InChI is InChI=1S/C15H13ClN2O/c16-12-6-2-1-5-11(12)15(19)18-9-8-10-4-3-7-13(17)14(10)18/h1-7H,8-9,17H2. The van der Waals surface area contributed by atoms with Gasteiger partial charge in [-0.2, -0.15) is 0 Å². The van der Waals surface area contributed by atoms with Crippen molar-refractivity contribution in [1.29, 1.82) is 0 Å². The average molecular weight is 273 g/mol. The van der Waals surface area contributed by atoms with Crippen molar-refractivity contribution in [1.82, 2.24) is 0 Å².